The molecule has 0 aliphatic rings. The van der Waals surface area contributed by atoms with Crippen molar-refractivity contribution in [2.24, 2.45) is 5.41 Å². The Kier molecular flexibility index (Phi) is 9.99. The first kappa shape index (κ1) is 22.2. The minimum absolute atomic E-state index is 0.0770. The number of anilines is 1. The summed E-state index contributed by atoms with van der Waals surface area (Å²) in [7, 11) is 3.01. The Morgan fingerprint density at radius 3 is 1.96 bits per heavy atom. The van der Waals surface area contributed by atoms with Crippen LogP contribution in [-0.4, -0.2) is 30.1 Å². The zero-order valence-corrected chi connectivity index (χ0v) is 17.1. The third kappa shape index (κ3) is 7.18. The predicted octanol–water partition coefficient (Wildman–Crippen LogP) is 4.99. The molecule has 1 aromatic heterocycles. The first-order chi connectivity index (χ1) is 12.5. The number of hydrogen-bond donors (Lipinski definition) is 1. The van der Waals surface area contributed by atoms with Gasteiger partial charge in [-0.2, -0.15) is 9.97 Å². The van der Waals surface area contributed by atoms with E-state index in [-0.39, 0.29) is 5.91 Å². The summed E-state index contributed by atoms with van der Waals surface area (Å²) >= 11 is 0. The van der Waals surface area contributed by atoms with E-state index in [0.717, 1.165) is 12.8 Å². The number of amides is 1. The summed E-state index contributed by atoms with van der Waals surface area (Å²) in [6.45, 7) is 6.17. The fourth-order valence-corrected chi connectivity index (χ4v) is 2.87. The van der Waals surface area contributed by atoms with E-state index in [1.165, 1.54) is 65.5 Å². The van der Waals surface area contributed by atoms with E-state index < -0.39 is 5.41 Å². The van der Waals surface area contributed by atoms with Crippen LogP contribution in [0.3, 0.4) is 0 Å². The van der Waals surface area contributed by atoms with Crippen molar-refractivity contribution >= 4 is 11.6 Å². The van der Waals surface area contributed by atoms with Crippen molar-refractivity contribution in [3.8, 4) is 11.8 Å². The Balaban J connectivity index is 2.48. The van der Waals surface area contributed by atoms with Crippen molar-refractivity contribution in [1.82, 2.24) is 9.97 Å². The molecule has 26 heavy (non-hydrogen) atoms. The molecule has 0 fully saturated rings. The quantitative estimate of drug-likeness (QED) is 0.499. The number of aromatic nitrogens is 2. The first-order valence-electron chi connectivity index (χ1n) is 9.70. The van der Waals surface area contributed by atoms with Gasteiger partial charge in [-0.15, -0.1) is 0 Å². The maximum atomic E-state index is 12.7. The fraction of sp³-hybridized carbons (Fsp3) is 0.750. The van der Waals surface area contributed by atoms with Gasteiger partial charge in [-0.3, -0.25) is 4.79 Å². The molecule has 0 spiro atoms. The Morgan fingerprint density at radius 2 is 1.46 bits per heavy atom. The van der Waals surface area contributed by atoms with Gasteiger partial charge in [-0.1, -0.05) is 72.1 Å². The summed E-state index contributed by atoms with van der Waals surface area (Å²) < 4.78 is 10.4. The smallest absolute Gasteiger partial charge is 0.244 e. The van der Waals surface area contributed by atoms with Crippen LogP contribution in [0.5, 0.6) is 11.8 Å². The number of unbranched alkanes of at least 4 members (excludes halogenated alkanes) is 7. The van der Waals surface area contributed by atoms with Crippen LogP contribution in [0.2, 0.25) is 0 Å². The maximum Gasteiger partial charge on any atom is 0.244 e. The van der Waals surface area contributed by atoms with E-state index in [2.05, 4.69) is 22.2 Å². The van der Waals surface area contributed by atoms with Crippen LogP contribution >= 0.6 is 0 Å². The van der Waals surface area contributed by atoms with Gasteiger partial charge in [0.25, 0.3) is 0 Å². The lowest BCUT2D eigenvalue weighted by Crippen LogP contribution is -2.31. The summed E-state index contributed by atoms with van der Waals surface area (Å²) in [5, 5.41) is 2.88. The Bertz CT molecular complexity index is 525. The van der Waals surface area contributed by atoms with E-state index in [9.17, 15) is 4.79 Å². The normalized spacial score (nSPS) is 11.3. The van der Waals surface area contributed by atoms with Gasteiger partial charge in [0, 0.05) is 5.41 Å². The molecule has 148 valence electrons. The second-order valence-electron chi connectivity index (χ2n) is 7.33. The van der Waals surface area contributed by atoms with E-state index in [1.807, 2.05) is 13.8 Å². The molecule has 1 aromatic rings. The summed E-state index contributed by atoms with van der Waals surface area (Å²) in [6.07, 6.45) is 12.2. The highest BCUT2D eigenvalue weighted by Crippen LogP contribution is 2.33. The second kappa shape index (κ2) is 11.7. The summed E-state index contributed by atoms with van der Waals surface area (Å²) in [6, 6.07) is 0. The summed E-state index contributed by atoms with van der Waals surface area (Å²) in [5.74, 6) is 0.521. The SMILES string of the molecule is CCCCCCCCCCC(C)(C)C(=O)Nc1c(OC)ncnc1OC. The number of hydrogen-bond acceptors (Lipinski definition) is 5. The molecule has 1 heterocycles. The molecule has 0 unspecified atom stereocenters. The zero-order valence-electron chi connectivity index (χ0n) is 17.1. The maximum absolute atomic E-state index is 12.7. The fourth-order valence-electron chi connectivity index (χ4n) is 2.87. The standard InChI is InChI=1S/C20H35N3O3/c1-6-7-8-9-10-11-12-13-14-20(2,3)19(24)23-16-17(25-4)21-15-22-18(16)26-5/h15H,6-14H2,1-5H3,(H,23,24). The molecule has 0 atom stereocenters. The molecule has 0 aliphatic heterocycles. The molecule has 0 bridgehead atoms. The number of methoxy groups -OCH3 is 2. The second-order valence-corrected chi connectivity index (χ2v) is 7.33. The minimum Gasteiger partial charge on any atom is -0.479 e. The molecule has 1 N–H and O–H groups in total. The van der Waals surface area contributed by atoms with E-state index in [4.69, 9.17) is 9.47 Å². The third-order valence-electron chi connectivity index (χ3n) is 4.67. The lowest BCUT2D eigenvalue weighted by molar-refractivity contribution is -0.124. The van der Waals surface area contributed by atoms with Gasteiger partial charge in [-0.05, 0) is 6.42 Å². The van der Waals surface area contributed by atoms with Gasteiger partial charge < -0.3 is 14.8 Å². The molecule has 6 heteroatoms. The topological polar surface area (TPSA) is 73.3 Å². The van der Waals surface area contributed by atoms with Crippen molar-refractivity contribution in [2.75, 3.05) is 19.5 Å². The van der Waals surface area contributed by atoms with Crippen molar-refractivity contribution in [2.45, 2.75) is 78.6 Å². The molecule has 0 aromatic carbocycles. The largest absolute Gasteiger partial charge is 0.479 e. The van der Waals surface area contributed by atoms with E-state index in [0.29, 0.717) is 17.4 Å². The molecule has 0 saturated carbocycles. The van der Waals surface area contributed by atoms with Crippen molar-refractivity contribution in [1.29, 1.82) is 0 Å². The van der Waals surface area contributed by atoms with Crippen LogP contribution in [0, 0.1) is 5.41 Å². The number of nitrogens with one attached hydrogen (secondary N) is 1. The number of rotatable bonds is 13. The Hall–Kier alpha value is -1.85. The van der Waals surface area contributed by atoms with Gasteiger partial charge in [0.15, 0.2) is 5.69 Å². The van der Waals surface area contributed by atoms with Gasteiger partial charge in [0.05, 0.1) is 14.2 Å². The van der Waals surface area contributed by atoms with Crippen LogP contribution in [0.25, 0.3) is 0 Å². The molecule has 0 aliphatic carbocycles. The highest BCUT2D eigenvalue weighted by molar-refractivity contribution is 5.96. The van der Waals surface area contributed by atoms with Gasteiger partial charge >= 0.3 is 0 Å². The highest BCUT2D eigenvalue weighted by Gasteiger charge is 2.29. The predicted molar refractivity (Wildman–Crippen MR) is 105 cm³/mol. The van der Waals surface area contributed by atoms with Gasteiger partial charge in [-0.25, -0.2) is 0 Å². The van der Waals surface area contributed by atoms with E-state index >= 15 is 0 Å². The van der Waals surface area contributed by atoms with Crippen LogP contribution in [0.1, 0.15) is 78.6 Å². The molecule has 1 amide bonds. The van der Waals surface area contributed by atoms with E-state index in [1.54, 1.807) is 0 Å². The Labute approximate surface area is 158 Å². The van der Waals surface area contributed by atoms with Crippen LogP contribution in [0.15, 0.2) is 6.33 Å². The third-order valence-corrected chi connectivity index (χ3v) is 4.67. The number of ether oxygens (including phenoxy) is 2. The highest BCUT2D eigenvalue weighted by atomic mass is 16.5. The summed E-state index contributed by atoms with van der Waals surface area (Å²) in [4.78, 5) is 20.8. The monoisotopic (exact) mass is 365 g/mol. The molecule has 6 nitrogen and oxygen atoms in total. The average molecular weight is 366 g/mol. The molecule has 0 radical (unpaired) electrons. The lowest BCUT2D eigenvalue weighted by Gasteiger charge is -2.24. The molecule has 1 rings (SSSR count). The molecular formula is C20H35N3O3. The van der Waals surface area contributed by atoms with Crippen LogP contribution in [0.4, 0.5) is 5.69 Å². The van der Waals surface area contributed by atoms with Gasteiger partial charge in [0.1, 0.15) is 6.33 Å². The molecular weight excluding hydrogens is 330 g/mol. The zero-order chi connectivity index (χ0) is 19.4. The first-order valence-corrected chi connectivity index (χ1v) is 9.70. The van der Waals surface area contributed by atoms with Crippen LogP contribution < -0.4 is 14.8 Å². The Morgan fingerprint density at radius 1 is 0.962 bits per heavy atom. The number of carbonyl (C=O) groups is 1. The lowest BCUT2D eigenvalue weighted by atomic mass is 9.85. The van der Waals surface area contributed by atoms with Crippen molar-refractivity contribution < 1.29 is 14.3 Å². The minimum atomic E-state index is -0.478. The number of nitrogens with zero attached hydrogens (tertiary/aromatic N) is 2. The summed E-state index contributed by atoms with van der Waals surface area (Å²) in [5.41, 5.74) is -0.0971. The number of carbonyl (C=O) groups excluding carboxylic acids is 1. The van der Waals surface area contributed by atoms with Crippen LogP contribution in [-0.2, 0) is 4.79 Å². The van der Waals surface area contributed by atoms with Crippen molar-refractivity contribution in [3.05, 3.63) is 6.33 Å². The van der Waals surface area contributed by atoms with Gasteiger partial charge in [0.2, 0.25) is 17.7 Å². The molecule has 0 saturated heterocycles. The average Bonchev–Trinajstić information content (AvgIpc) is 2.63. The van der Waals surface area contributed by atoms with Crippen molar-refractivity contribution in [3.63, 3.8) is 0 Å².